The summed E-state index contributed by atoms with van der Waals surface area (Å²) < 4.78 is 5.24. The maximum atomic E-state index is 12.1. The van der Waals surface area contributed by atoms with Gasteiger partial charge in [-0.25, -0.2) is 4.98 Å². The number of pyridine rings is 1. The van der Waals surface area contributed by atoms with Gasteiger partial charge < -0.3 is 14.3 Å². The van der Waals surface area contributed by atoms with Gasteiger partial charge >= 0.3 is 0 Å². The number of piperazine rings is 1. The van der Waals surface area contributed by atoms with Gasteiger partial charge in [-0.2, -0.15) is 4.98 Å². The molecule has 0 N–H and O–H groups in total. The van der Waals surface area contributed by atoms with Gasteiger partial charge in [0.15, 0.2) is 0 Å². The summed E-state index contributed by atoms with van der Waals surface area (Å²) in [6, 6.07) is 3.93. The van der Waals surface area contributed by atoms with E-state index in [0.29, 0.717) is 11.7 Å². The number of carbonyl (C=O) groups excluding carboxylic acids is 1. The van der Waals surface area contributed by atoms with Crippen molar-refractivity contribution in [3.63, 3.8) is 0 Å². The molecule has 3 heterocycles. The van der Waals surface area contributed by atoms with Crippen molar-refractivity contribution in [1.29, 1.82) is 0 Å². The average Bonchev–Trinajstić information content (AvgIpc) is 3.12. The molecule has 0 atom stereocenters. The minimum Gasteiger partial charge on any atom is -0.353 e. The molecular formula is C18H25N5O2. The highest BCUT2D eigenvalue weighted by Gasteiger charge is 2.23. The molecule has 0 saturated carbocycles. The summed E-state index contributed by atoms with van der Waals surface area (Å²) in [5.74, 6) is 2.59. The number of nitrogens with zero attached hydrogens (tertiary/aromatic N) is 5. The van der Waals surface area contributed by atoms with Crippen LogP contribution in [0, 0.1) is 5.92 Å². The Morgan fingerprint density at radius 2 is 1.84 bits per heavy atom. The summed E-state index contributed by atoms with van der Waals surface area (Å²) in [4.78, 5) is 25.1. The van der Waals surface area contributed by atoms with Gasteiger partial charge in [0.1, 0.15) is 5.82 Å². The molecule has 0 spiro atoms. The Morgan fingerprint density at radius 1 is 1.12 bits per heavy atom. The van der Waals surface area contributed by atoms with Gasteiger partial charge in [0.2, 0.25) is 17.6 Å². The van der Waals surface area contributed by atoms with E-state index in [4.69, 9.17) is 4.52 Å². The molecule has 1 aliphatic heterocycles. The van der Waals surface area contributed by atoms with Crippen molar-refractivity contribution in [2.45, 2.75) is 33.6 Å². The standard InChI is InChI=1S/C18H25N5O2/c1-12(2)17-20-16(21-25-17)14-5-6-15(19-11-14)22-7-9-23(10-8-22)18(24)13(3)4/h5-6,11-13H,7-10H2,1-4H3. The average molecular weight is 343 g/mol. The highest BCUT2D eigenvalue weighted by Crippen LogP contribution is 2.21. The first kappa shape index (κ1) is 17.4. The molecular weight excluding hydrogens is 318 g/mol. The topological polar surface area (TPSA) is 75.4 Å². The molecule has 1 saturated heterocycles. The number of hydrogen-bond acceptors (Lipinski definition) is 6. The molecule has 134 valence electrons. The molecule has 7 heteroatoms. The van der Waals surface area contributed by atoms with E-state index in [1.165, 1.54) is 0 Å². The summed E-state index contributed by atoms with van der Waals surface area (Å²) in [5, 5.41) is 4.01. The van der Waals surface area contributed by atoms with Crippen molar-refractivity contribution in [2.24, 2.45) is 5.92 Å². The first-order valence-corrected chi connectivity index (χ1v) is 8.79. The molecule has 1 fully saturated rings. The minimum absolute atomic E-state index is 0.0506. The largest absolute Gasteiger partial charge is 0.353 e. The normalized spacial score (nSPS) is 15.3. The Labute approximate surface area is 148 Å². The summed E-state index contributed by atoms with van der Waals surface area (Å²) in [5.41, 5.74) is 0.841. The van der Waals surface area contributed by atoms with Gasteiger partial charge in [-0.1, -0.05) is 32.9 Å². The molecule has 0 unspecified atom stereocenters. The number of hydrogen-bond donors (Lipinski definition) is 0. The van der Waals surface area contributed by atoms with E-state index in [9.17, 15) is 4.79 Å². The molecule has 3 rings (SSSR count). The molecule has 0 radical (unpaired) electrons. The first-order valence-electron chi connectivity index (χ1n) is 8.79. The van der Waals surface area contributed by atoms with E-state index in [1.54, 1.807) is 6.20 Å². The van der Waals surface area contributed by atoms with E-state index in [-0.39, 0.29) is 17.7 Å². The van der Waals surface area contributed by atoms with Crippen LogP contribution >= 0.6 is 0 Å². The fourth-order valence-electron chi connectivity index (χ4n) is 2.81. The fourth-order valence-corrected chi connectivity index (χ4v) is 2.81. The summed E-state index contributed by atoms with van der Waals surface area (Å²) in [7, 11) is 0. The maximum Gasteiger partial charge on any atom is 0.229 e. The number of aromatic nitrogens is 3. The van der Waals surface area contributed by atoms with Crippen molar-refractivity contribution >= 4 is 11.7 Å². The lowest BCUT2D eigenvalue weighted by atomic mass is 10.1. The van der Waals surface area contributed by atoms with Crippen molar-refractivity contribution in [2.75, 3.05) is 31.1 Å². The minimum atomic E-state index is 0.0506. The van der Waals surface area contributed by atoms with Gasteiger partial charge in [0.05, 0.1) is 0 Å². The zero-order valence-electron chi connectivity index (χ0n) is 15.3. The Morgan fingerprint density at radius 3 is 2.36 bits per heavy atom. The molecule has 2 aromatic heterocycles. The lowest BCUT2D eigenvalue weighted by Gasteiger charge is -2.36. The number of anilines is 1. The molecule has 0 aliphatic carbocycles. The van der Waals surface area contributed by atoms with Crippen molar-refractivity contribution in [3.8, 4) is 11.4 Å². The second-order valence-electron chi connectivity index (χ2n) is 6.98. The van der Waals surface area contributed by atoms with Gasteiger partial charge in [-0.15, -0.1) is 0 Å². The van der Waals surface area contributed by atoms with Crippen molar-refractivity contribution < 1.29 is 9.32 Å². The van der Waals surface area contributed by atoms with E-state index in [1.807, 2.05) is 44.7 Å². The molecule has 2 aromatic rings. The lowest BCUT2D eigenvalue weighted by Crippen LogP contribution is -2.50. The summed E-state index contributed by atoms with van der Waals surface area (Å²) in [6.45, 7) is 11.0. The lowest BCUT2D eigenvalue weighted by molar-refractivity contribution is -0.134. The number of rotatable bonds is 4. The van der Waals surface area contributed by atoms with Crippen LogP contribution in [-0.4, -0.2) is 52.1 Å². The second-order valence-corrected chi connectivity index (χ2v) is 6.98. The Bertz CT molecular complexity index is 715. The summed E-state index contributed by atoms with van der Waals surface area (Å²) in [6.07, 6.45) is 1.77. The van der Waals surface area contributed by atoms with Crippen LogP contribution in [0.1, 0.15) is 39.5 Å². The van der Waals surface area contributed by atoms with Crippen LogP contribution in [0.5, 0.6) is 0 Å². The first-order chi connectivity index (χ1) is 12.0. The van der Waals surface area contributed by atoms with Crippen molar-refractivity contribution in [1.82, 2.24) is 20.0 Å². The molecule has 25 heavy (non-hydrogen) atoms. The number of amides is 1. The quantitative estimate of drug-likeness (QED) is 0.849. The predicted molar refractivity (Wildman–Crippen MR) is 95.2 cm³/mol. The zero-order valence-corrected chi connectivity index (χ0v) is 15.3. The Hall–Kier alpha value is -2.44. The van der Waals surface area contributed by atoms with Crippen LogP contribution < -0.4 is 4.90 Å². The smallest absolute Gasteiger partial charge is 0.229 e. The van der Waals surface area contributed by atoms with Crippen LogP contribution in [0.3, 0.4) is 0 Å². The SMILES string of the molecule is CC(C)C(=O)N1CCN(c2ccc(-c3noc(C(C)C)n3)cn2)CC1. The second kappa shape index (κ2) is 7.21. The third kappa shape index (κ3) is 3.81. The van der Waals surface area contributed by atoms with Crippen molar-refractivity contribution in [3.05, 3.63) is 24.2 Å². The summed E-state index contributed by atoms with van der Waals surface area (Å²) >= 11 is 0. The Balaban J connectivity index is 1.64. The molecule has 0 bridgehead atoms. The van der Waals surface area contributed by atoms with Crippen LogP contribution in [0.2, 0.25) is 0 Å². The predicted octanol–water partition coefficient (Wildman–Crippen LogP) is 2.56. The fraction of sp³-hybridized carbons (Fsp3) is 0.556. The molecule has 0 aromatic carbocycles. The maximum absolute atomic E-state index is 12.1. The van der Waals surface area contributed by atoms with Gasteiger partial charge in [-0.3, -0.25) is 4.79 Å². The zero-order chi connectivity index (χ0) is 18.0. The third-order valence-corrected chi connectivity index (χ3v) is 4.35. The van der Waals surface area contributed by atoms with E-state index in [2.05, 4.69) is 20.0 Å². The van der Waals surface area contributed by atoms with E-state index >= 15 is 0 Å². The highest BCUT2D eigenvalue weighted by molar-refractivity contribution is 5.78. The molecule has 1 amide bonds. The van der Waals surface area contributed by atoms with Gasteiger partial charge in [0, 0.05) is 49.8 Å². The van der Waals surface area contributed by atoms with Crippen LogP contribution in [0.15, 0.2) is 22.9 Å². The highest BCUT2D eigenvalue weighted by atomic mass is 16.5. The number of carbonyl (C=O) groups is 1. The van der Waals surface area contributed by atoms with Crippen LogP contribution in [-0.2, 0) is 4.79 Å². The van der Waals surface area contributed by atoms with E-state index < -0.39 is 0 Å². The van der Waals surface area contributed by atoms with Gasteiger partial charge in [-0.05, 0) is 12.1 Å². The van der Waals surface area contributed by atoms with Crippen LogP contribution in [0.4, 0.5) is 5.82 Å². The van der Waals surface area contributed by atoms with E-state index in [0.717, 1.165) is 37.6 Å². The molecule has 7 nitrogen and oxygen atoms in total. The third-order valence-electron chi connectivity index (χ3n) is 4.35. The molecule has 1 aliphatic rings. The van der Waals surface area contributed by atoms with Gasteiger partial charge in [0.25, 0.3) is 0 Å². The Kier molecular flexibility index (Phi) is 5.01. The monoisotopic (exact) mass is 343 g/mol. The van der Waals surface area contributed by atoms with Crippen LogP contribution in [0.25, 0.3) is 11.4 Å².